The summed E-state index contributed by atoms with van der Waals surface area (Å²) in [6.07, 6.45) is 0. The summed E-state index contributed by atoms with van der Waals surface area (Å²) >= 11 is 6.00. The van der Waals surface area contributed by atoms with Gasteiger partial charge in [0.2, 0.25) is 5.91 Å². The molecule has 0 spiro atoms. The average molecular weight is 507 g/mol. The van der Waals surface area contributed by atoms with E-state index < -0.39 is 0 Å². The number of amidine groups is 1. The molecule has 186 valence electrons. The minimum absolute atomic E-state index is 0.143. The van der Waals surface area contributed by atoms with E-state index in [1.54, 1.807) is 36.4 Å². The highest BCUT2D eigenvalue weighted by atomic mass is 35.5. The third-order valence-electron chi connectivity index (χ3n) is 5.99. The number of amides is 2. The molecule has 2 amide bonds. The predicted molar refractivity (Wildman–Crippen MR) is 141 cm³/mol. The van der Waals surface area contributed by atoms with Crippen LogP contribution in [-0.4, -0.2) is 24.2 Å². The molecule has 6 nitrogen and oxygen atoms in total. The molecule has 4 rings (SSSR count). The van der Waals surface area contributed by atoms with Crippen molar-refractivity contribution in [2.75, 3.05) is 11.9 Å². The second-order valence-electron chi connectivity index (χ2n) is 9.13. The SMILES string of the molecule is CC(C)C(=O)Nc1cc(C(=O)N[C@H](C)c2ccc(F)cc2)cc(C2CN=C(c3ccc(Cl)cc3)N2)c1. The van der Waals surface area contributed by atoms with Gasteiger partial charge in [-0.1, -0.05) is 37.6 Å². The van der Waals surface area contributed by atoms with Gasteiger partial charge in [0.15, 0.2) is 0 Å². The summed E-state index contributed by atoms with van der Waals surface area (Å²) in [6.45, 7) is 5.93. The molecule has 3 aromatic carbocycles. The smallest absolute Gasteiger partial charge is 0.251 e. The molecule has 0 fully saturated rings. The number of hydrogen-bond acceptors (Lipinski definition) is 4. The van der Waals surface area contributed by atoms with Gasteiger partial charge < -0.3 is 16.0 Å². The van der Waals surface area contributed by atoms with Gasteiger partial charge in [0, 0.05) is 27.8 Å². The van der Waals surface area contributed by atoms with Gasteiger partial charge in [-0.2, -0.15) is 0 Å². The fourth-order valence-corrected chi connectivity index (χ4v) is 3.99. The molecule has 8 heteroatoms. The maximum atomic E-state index is 13.3. The molecule has 0 radical (unpaired) electrons. The summed E-state index contributed by atoms with van der Waals surface area (Å²) in [5.41, 5.74) is 3.46. The standard InChI is InChI=1S/C28H28ClFN4O2/c1-16(2)27(35)33-24-13-20(25-15-31-26(34-25)19-4-8-22(29)9-5-19)12-21(14-24)28(36)32-17(3)18-6-10-23(30)11-7-18/h4-14,16-17,25H,15H2,1-3H3,(H,31,34)(H,32,36)(H,33,35)/t17-,25?/m1/s1. The lowest BCUT2D eigenvalue weighted by molar-refractivity contribution is -0.118. The van der Waals surface area contributed by atoms with Crippen molar-refractivity contribution >= 4 is 34.9 Å². The molecular weight excluding hydrogens is 479 g/mol. The van der Waals surface area contributed by atoms with Crippen LogP contribution in [0.1, 0.15) is 59.9 Å². The highest BCUT2D eigenvalue weighted by molar-refractivity contribution is 6.30. The number of aliphatic imine (C=N–C) groups is 1. The van der Waals surface area contributed by atoms with E-state index in [0.717, 1.165) is 22.5 Å². The van der Waals surface area contributed by atoms with Crippen LogP contribution >= 0.6 is 11.6 Å². The molecule has 3 N–H and O–H groups in total. The largest absolute Gasteiger partial charge is 0.361 e. The lowest BCUT2D eigenvalue weighted by Crippen LogP contribution is -2.28. The Hall–Kier alpha value is -3.71. The van der Waals surface area contributed by atoms with E-state index in [0.29, 0.717) is 22.8 Å². The monoisotopic (exact) mass is 506 g/mol. The predicted octanol–water partition coefficient (Wildman–Crippen LogP) is 5.66. The highest BCUT2D eigenvalue weighted by Crippen LogP contribution is 2.26. The van der Waals surface area contributed by atoms with Crippen LogP contribution in [0.5, 0.6) is 0 Å². The number of anilines is 1. The molecule has 1 aliphatic heterocycles. The van der Waals surface area contributed by atoms with Crippen LogP contribution in [0.2, 0.25) is 5.02 Å². The van der Waals surface area contributed by atoms with Crippen molar-refractivity contribution in [1.82, 2.24) is 10.6 Å². The van der Waals surface area contributed by atoms with Crippen LogP contribution in [-0.2, 0) is 4.79 Å². The molecule has 36 heavy (non-hydrogen) atoms. The van der Waals surface area contributed by atoms with Gasteiger partial charge in [0.1, 0.15) is 11.7 Å². The summed E-state index contributed by atoms with van der Waals surface area (Å²) in [7, 11) is 0. The van der Waals surface area contributed by atoms with Gasteiger partial charge in [-0.25, -0.2) is 4.39 Å². The van der Waals surface area contributed by atoms with Crippen molar-refractivity contribution in [3.05, 3.63) is 99.8 Å². The summed E-state index contributed by atoms with van der Waals surface area (Å²) in [6, 6.07) is 18.2. The third-order valence-corrected chi connectivity index (χ3v) is 6.24. The lowest BCUT2D eigenvalue weighted by atomic mass is 10.0. The number of halogens is 2. The Kier molecular flexibility index (Phi) is 7.70. The van der Waals surface area contributed by atoms with Crippen LogP contribution < -0.4 is 16.0 Å². The normalized spacial score (nSPS) is 15.7. The van der Waals surface area contributed by atoms with Crippen molar-refractivity contribution in [1.29, 1.82) is 0 Å². The van der Waals surface area contributed by atoms with E-state index >= 15 is 0 Å². The number of rotatable bonds is 7. The molecule has 0 saturated carbocycles. The van der Waals surface area contributed by atoms with Gasteiger partial charge in [-0.05, 0) is 72.6 Å². The molecular formula is C28H28ClFN4O2. The second-order valence-corrected chi connectivity index (χ2v) is 9.56. The van der Waals surface area contributed by atoms with Crippen LogP contribution in [0.4, 0.5) is 10.1 Å². The third kappa shape index (κ3) is 6.10. The van der Waals surface area contributed by atoms with Gasteiger partial charge in [0.05, 0.1) is 18.6 Å². The number of nitrogens with zero attached hydrogens (tertiary/aromatic N) is 1. The summed E-state index contributed by atoms with van der Waals surface area (Å²) in [5, 5.41) is 9.92. The summed E-state index contributed by atoms with van der Waals surface area (Å²) in [4.78, 5) is 30.2. The first-order valence-corrected chi connectivity index (χ1v) is 12.2. The zero-order chi connectivity index (χ0) is 25.8. The van der Waals surface area contributed by atoms with E-state index in [9.17, 15) is 14.0 Å². The van der Waals surface area contributed by atoms with Gasteiger partial charge in [-0.15, -0.1) is 0 Å². The van der Waals surface area contributed by atoms with E-state index in [-0.39, 0.29) is 35.6 Å². The van der Waals surface area contributed by atoms with Crippen LogP contribution in [0.25, 0.3) is 0 Å². The Morgan fingerprint density at radius 2 is 1.72 bits per heavy atom. The molecule has 0 saturated heterocycles. The maximum absolute atomic E-state index is 13.3. The second kappa shape index (κ2) is 10.9. The number of carbonyl (C=O) groups excluding carboxylic acids is 2. The minimum Gasteiger partial charge on any atom is -0.361 e. The Balaban J connectivity index is 1.57. The number of benzene rings is 3. The number of hydrogen-bond donors (Lipinski definition) is 3. The molecule has 0 aliphatic carbocycles. The molecule has 1 aliphatic rings. The van der Waals surface area contributed by atoms with Gasteiger partial charge in [0.25, 0.3) is 5.91 Å². The zero-order valence-corrected chi connectivity index (χ0v) is 21.1. The Bertz CT molecular complexity index is 1290. The molecule has 1 unspecified atom stereocenters. The lowest BCUT2D eigenvalue weighted by Gasteiger charge is -2.18. The van der Waals surface area contributed by atoms with E-state index in [2.05, 4.69) is 20.9 Å². The van der Waals surface area contributed by atoms with Crippen molar-refractivity contribution in [2.45, 2.75) is 32.9 Å². The Labute approximate surface area is 215 Å². The van der Waals surface area contributed by atoms with Gasteiger partial charge >= 0.3 is 0 Å². The van der Waals surface area contributed by atoms with Crippen LogP contribution in [0.3, 0.4) is 0 Å². The first kappa shape index (κ1) is 25.4. The molecule has 2 atom stereocenters. The van der Waals surface area contributed by atoms with Crippen molar-refractivity contribution in [2.24, 2.45) is 10.9 Å². The highest BCUT2D eigenvalue weighted by Gasteiger charge is 2.23. The topological polar surface area (TPSA) is 82.6 Å². The van der Waals surface area contributed by atoms with Gasteiger partial charge in [-0.3, -0.25) is 14.6 Å². The molecule has 1 heterocycles. The first-order chi connectivity index (χ1) is 17.2. The van der Waals surface area contributed by atoms with E-state index in [4.69, 9.17) is 11.6 Å². The number of nitrogens with one attached hydrogen (secondary N) is 3. The average Bonchev–Trinajstić information content (AvgIpc) is 3.35. The fourth-order valence-electron chi connectivity index (χ4n) is 3.87. The number of carbonyl (C=O) groups is 2. The maximum Gasteiger partial charge on any atom is 0.251 e. The quantitative estimate of drug-likeness (QED) is 0.387. The Morgan fingerprint density at radius 3 is 2.39 bits per heavy atom. The van der Waals surface area contributed by atoms with Crippen molar-refractivity contribution < 1.29 is 14.0 Å². The summed E-state index contributed by atoms with van der Waals surface area (Å²) < 4.78 is 13.3. The molecule has 0 bridgehead atoms. The van der Waals surface area contributed by atoms with Crippen LogP contribution in [0.15, 0.2) is 71.7 Å². The zero-order valence-electron chi connectivity index (χ0n) is 20.3. The molecule has 3 aromatic rings. The van der Waals surface area contributed by atoms with Crippen molar-refractivity contribution in [3.63, 3.8) is 0 Å². The molecule has 0 aromatic heterocycles. The Morgan fingerprint density at radius 1 is 1.03 bits per heavy atom. The van der Waals surface area contributed by atoms with E-state index in [1.165, 1.54) is 12.1 Å². The minimum atomic E-state index is -0.334. The first-order valence-electron chi connectivity index (χ1n) is 11.8. The van der Waals surface area contributed by atoms with Crippen LogP contribution in [0, 0.1) is 11.7 Å². The van der Waals surface area contributed by atoms with Crippen molar-refractivity contribution in [3.8, 4) is 0 Å². The fraction of sp³-hybridized carbons (Fsp3) is 0.250. The van der Waals surface area contributed by atoms with E-state index in [1.807, 2.05) is 39.0 Å². The summed E-state index contributed by atoms with van der Waals surface area (Å²) in [5.74, 6) is -0.251.